The summed E-state index contributed by atoms with van der Waals surface area (Å²) in [6.45, 7) is 3.43. The van der Waals surface area contributed by atoms with Gasteiger partial charge in [-0.15, -0.1) is 0 Å². The molecule has 0 unspecified atom stereocenters. The normalized spacial score (nSPS) is 11.8. The lowest BCUT2D eigenvalue weighted by molar-refractivity contribution is -0.693. The van der Waals surface area contributed by atoms with E-state index < -0.39 is 19.3 Å². The average Bonchev–Trinajstić information content (AvgIpc) is 3.18. The molecule has 270 valence electrons. The third kappa shape index (κ3) is 8.53. The molecular formula is C43H36F3N4O3P+2. The fraction of sp³-hybridized carbons (Fsp3) is 0.116. The van der Waals surface area contributed by atoms with Crippen LogP contribution in [-0.2, 0) is 30.0 Å². The van der Waals surface area contributed by atoms with Gasteiger partial charge in [-0.05, 0) is 34.7 Å². The molecule has 7 rings (SSSR count). The van der Waals surface area contributed by atoms with Crippen LogP contribution in [0.15, 0.2) is 152 Å². The molecule has 0 fully saturated rings. The van der Waals surface area contributed by atoms with E-state index in [0.29, 0.717) is 28.8 Å². The summed E-state index contributed by atoms with van der Waals surface area (Å²) in [5.74, 6) is 0.193. The highest BCUT2D eigenvalue weighted by Gasteiger charge is 2.39. The largest absolute Gasteiger partial charge is 0.420 e. The quantitative estimate of drug-likeness (QED) is 0.108. The maximum atomic E-state index is 15.1. The van der Waals surface area contributed by atoms with Crippen LogP contribution in [0.2, 0.25) is 0 Å². The van der Waals surface area contributed by atoms with Crippen molar-refractivity contribution in [1.29, 1.82) is 0 Å². The fourth-order valence-electron chi connectivity index (χ4n) is 6.32. The Morgan fingerprint density at radius 3 is 1.43 bits per heavy atom. The first-order valence-electron chi connectivity index (χ1n) is 17.3. The molecule has 7 aromatic rings. The van der Waals surface area contributed by atoms with Gasteiger partial charge in [0.1, 0.15) is 12.1 Å². The summed E-state index contributed by atoms with van der Waals surface area (Å²) in [4.78, 5) is 27.5. The van der Waals surface area contributed by atoms with Gasteiger partial charge >= 0.3 is 13.8 Å². The summed E-state index contributed by atoms with van der Waals surface area (Å²) < 4.78 is 60.7. The topological polar surface area (TPSA) is 91.1 Å². The Kier molecular flexibility index (Phi) is 10.3. The van der Waals surface area contributed by atoms with Gasteiger partial charge in [-0.2, -0.15) is 13.2 Å². The first kappa shape index (κ1) is 36.6. The van der Waals surface area contributed by atoms with E-state index in [1.54, 1.807) is 72.8 Å². The maximum Gasteiger partial charge on any atom is 0.420 e. The second-order valence-electron chi connectivity index (χ2n) is 13.0. The van der Waals surface area contributed by atoms with Gasteiger partial charge in [0, 0.05) is 46.5 Å². The van der Waals surface area contributed by atoms with E-state index in [2.05, 4.69) is 9.97 Å². The van der Waals surface area contributed by atoms with E-state index in [1.165, 1.54) is 0 Å². The number of halogens is 3. The van der Waals surface area contributed by atoms with Crippen molar-refractivity contribution in [1.82, 2.24) is 9.97 Å². The zero-order valence-corrected chi connectivity index (χ0v) is 30.1. The Hall–Kier alpha value is -5.80. The summed E-state index contributed by atoms with van der Waals surface area (Å²) in [5.41, 5.74) is 5.01. The van der Waals surface area contributed by atoms with E-state index in [4.69, 9.17) is 0 Å². The van der Waals surface area contributed by atoms with Crippen molar-refractivity contribution in [2.75, 3.05) is 0 Å². The van der Waals surface area contributed by atoms with E-state index >= 15 is 13.2 Å². The molecule has 0 bridgehead atoms. The van der Waals surface area contributed by atoms with Gasteiger partial charge in [0.2, 0.25) is 0 Å². The number of rotatable bonds is 10. The third-order valence-corrected chi connectivity index (χ3v) is 9.91. The van der Waals surface area contributed by atoms with Gasteiger partial charge in [-0.25, -0.2) is 19.1 Å². The van der Waals surface area contributed by atoms with Gasteiger partial charge in [-0.1, -0.05) is 103 Å². The number of aryl methyl sites for hydroxylation is 1. The molecule has 11 heteroatoms. The predicted molar refractivity (Wildman–Crippen MR) is 202 cm³/mol. The number of aromatic nitrogens is 4. The summed E-state index contributed by atoms with van der Waals surface area (Å²) in [7, 11) is -4.14. The Balaban J connectivity index is 1.21. The molecule has 0 radical (unpaired) electrons. The molecule has 0 aliphatic carbocycles. The highest BCUT2D eigenvalue weighted by molar-refractivity contribution is 7.50. The Labute approximate surface area is 310 Å². The Bertz CT molecular complexity index is 2420. The van der Waals surface area contributed by atoms with Gasteiger partial charge in [0.05, 0.1) is 17.5 Å². The van der Waals surface area contributed by atoms with Gasteiger partial charge < -0.3 is 9.79 Å². The fourth-order valence-corrected chi connectivity index (χ4v) is 7.01. The number of nitrogens with zero attached hydrogens (tertiary/aromatic N) is 4. The molecule has 0 aliphatic rings. The van der Waals surface area contributed by atoms with E-state index in [1.807, 2.05) is 95.4 Å². The Morgan fingerprint density at radius 1 is 0.556 bits per heavy atom. The number of hydrogen-bond acceptors (Lipinski definition) is 3. The molecule has 7 nitrogen and oxygen atoms in total. The molecule has 2 N–H and O–H groups in total. The molecule has 3 heterocycles. The lowest BCUT2D eigenvalue weighted by Gasteiger charge is -2.18. The van der Waals surface area contributed by atoms with Crippen LogP contribution in [0.25, 0.3) is 56.2 Å². The first-order valence-corrected chi connectivity index (χ1v) is 19.1. The van der Waals surface area contributed by atoms with Gasteiger partial charge in [0.15, 0.2) is 37.2 Å². The molecule has 0 saturated carbocycles. The summed E-state index contributed by atoms with van der Waals surface area (Å²) in [6.07, 6.45) is 2.69. The summed E-state index contributed by atoms with van der Waals surface area (Å²) in [6, 6.07) is 37.8. The molecule has 0 amide bonds. The second-order valence-corrected chi connectivity index (χ2v) is 14.6. The van der Waals surface area contributed by atoms with Crippen LogP contribution < -0.4 is 9.13 Å². The van der Waals surface area contributed by atoms with Crippen LogP contribution >= 0.6 is 7.60 Å². The minimum absolute atomic E-state index is 0.192. The van der Waals surface area contributed by atoms with E-state index in [0.717, 1.165) is 34.4 Å². The van der Waals surface area contributed by atoms with Crippen LogP contribution in [0.4, 0.5) is 13.2 Å². The monoisotopic (exact) mass is 744 g/mol. The standard InChI is InChI=1S/C43H34F3N4O3P/c1-2-49-24-20-34(21-25-49)32-12-16-36(17-13-32)40-39(43(44,45)46)41(48-42(47-40)38-6-4-3-5-7-38)37-18-14-33(15-19-37)35-22-26-50(27-23-35)28-30-8-10-31(11-9-30)29-54(51,52)53/h3-27H,2,28-29H2,1H3/p+2. The van der Waals surface area contributed by atoms with E-state index in [-0.39, 0.29) is 23.4 Å². The van der Waals surface area contributed by atoms with E-state index in [9.17, 15) is 14.4 Å². The van der Waals surface area contributed by atoms with Crippen LogP contribution in [0.5, 0.6) is 0 Å². The van der Waals surface area contributed by atoms with Crippen LogP contribution in [0.1, 0.15) is 23.6 Å². The molecule has 3 aromatic heterocycles. The number of hydrogen-bond donors (Lipinski definition) is 2. The van der Waals surface area contributed by atoms with Crippen molar-refractivity contribution in [2.45, 2.75) is 32.4 Å². The molecule has 0 spiro atoms. The summed E-state index contributed by atoms with van der Waals surface area (Å²) >= 11 is 0. The van der Waals surface area contributed by atoms with Crippen LogP contribution in [0.3, 0.4) is 0 Å². The maximum absolute atomic E-state index is 15.1. The number of benzene rings is 4. The van der Waals surface area contributed by atoms with Crippen LogP contribution in [-0.4, -0.2) is 19.8 Å². The zero-order chi connectivity index (χ0) is 37.9. The van der Waals surface area contributed by atoms with Crippen molar-refractivity contribution in [2.24, 2.45) is 0 Å². The highest BCUT2D eigenvalue weighted by Crippen LogP contribution is 2.43. The number of alkyl halides is 3. The minimum atomic E-state index is -4.75. The SMILES string of the molecule is CC[n+]1ccc(-c2ccc(-c3nc(-c4ccccc4)nc(-c4ccc(-c5cc[n+](Cc6ccc(CP(=O)(O)O)cc6)cc5)cc4)c3C(F)(F)F)cc2)cc1. The minimum Gasteiger partial charge on any atom is -0.324 e. The average molecular weight is 745 g/mol. The van der Waals surface area contributed by atoms with Crippen molar-refractivity contribution < 1.29 is 36.7 Å². The van der Waals surface area contributed by atoms with Crippen molar-refractivity contribution >= 4 is 7.60 Å². The smallest absolute Gasteiger partial charge is 0.324 e. The predicted octanol–water partition coefficient (Wildman–Crippen LogP) is 9.15. The summed E-state index contributed by atoms with van der Waals surface area (Å²) in [5, 5.41) is 0. The molecule has 0 saturated heterocycles. The first-order chi connectivity index (χ1) is 25.9. The second kappa shape index (κ2) is 15.3. The lowest BCUT2D eigenvalue weighted by atomic mass is 9.96. The third-order valence-electron chi connectivity index (χ3n) is 9.13. The lowest BCUT2D eigenvalue weighted by Crippen LogP contribution is -2.32. The molecule has 0 aliphatic heterocycles. The molecule has 4 aromatic carbocycles. The number of pyridine rings is 2. The van der Waals surface area contributed by atoms with Gasteiger partial charge in [0.25, 0.3) is 0 Å². The van der Waals surface area contributed by atoms with Gasteiger partial charge in [-0.3, -0.25) is 4.57 Å². The molecule has 0 atom stereocenters. The van der Waals surface area contributed by atoms with Crippen molar-refractivity contribution in [3.8, 4) is 56.2 Å². The van der Waals surface area contributed by atoms with Crippen LogP contribution in [0, 0.1) is 0 Å². The molecule has 54 heavy (non-hydrogen) atoms. The Morgan fingerprint density at radius 2 is 0.981 bits per heavy atom. The molecular weight excluding hydrogens is 708 g/mol. The van der Waals surface area contributed by atoms with Crippen molar-refractivity contribution in [3.05, 3.63) is 169 Å². The zero-order valence-electron chi connectivity index (χ0n) is 29.2. The highest BCUT2D eigenvalue weighted by atomic mass is 31.2. The van der Waals surface area contributed by atoms with Crippen molar-refractivity contribution in [3.63, 3.8) is 0 Å².